The monoisotopic (exact) mass is 350 g/mol. The fraction of sp³-hybridized carbons (Fsp3) is 0.100. The third-order valence-corrected chi connectivity index (χ3v) is 5.00. The van der Waals surface area contributed by atoms with E-state index in [4.69, 9.17) is 5.73 Å². The Kier molecular flexibility index (Phi) is 4.67. The molecule has 1 heterocycles. The standard InChI is InChI=1S/C20H18N2O2S/c1-13-12-14(9-10-15(13)19(21)23)20(24)22(2)17-7-4-3-6-16(17)18-8-5-11-25-18/h3-12H,1-2H3,(H2,21,23). The van der Waals surface area contributed by atoms with Gasteiger partial charge in [0, 0.05) is 28.6 Å². The summed E-state index contributed by atoms with van der Waals surface area (Å²) < 4.78 is 0. The molecule has 25 heavy (non-hydrogen) atoms. The summed E-state index contributed by atoms with van der Waals surface area (Å²) in [5, 5.41) is 2.01. The second-order valence-electron chi connectivity index (χ2n) is 5.75. The Morgan fingerprint density at radius 2 is 1.80 bits per heavy atom. The minimum Gasteiger partial charge on any atom is -0.366 e. The van der Waals surface area contributed by atoms with Crippen molar-refractivity contribution in [3.05, 3.63) is 76.7 Å². The summed E-state index contributed by atoms with van der Waals surface area (Å²) in [7, 11) is 1.76. The van der Waals surface area contributed by atoms with Crippen LogP contribution in [-0.4, -0.2) is 18.9 Å². The number of hydrogen-bond donors (Lipinski definition) is 1. The second kappa shape index (κ2) is 6.91. The molecule has 1 aromatic heterocycles. The second-order valence-corrected chi connectivity index (χ2v) is 6.70. The van der Waals surface area contributed by atoms with Crippen LogP contribution in [0.15, 0.2) is 60.0 Å². The predicted molar refractivity (Wildman–Crippen MR) is 102 cm³/mol. The molecule has 0 radical (unpaired) electrons. The van der Waals surface area contributed by atoms with Crippen molar-refractivity contribution in [2.24, 2.45) is 5.73 Å². The Bertz CT molecular complexity index is 933. The average molecular weight is 350 g/mol. The normalized spacial score (nSPS) is 10.5. The van der Waals surface area contributed by atoms with Crippen molar-refractivity contribution in [3.8, 4) is 10.4 Å². The van der Waals surface area contributed by atoms with Crippen LogP contribution in [-0.2, 0) is 0 Å². The fourth-order valence-corrected chi connectivity index (χ4v) is 3.54. The van der Waals surface area contributed by atoms with Crippen LogP contribution in [0.3, 0.4) is 0 Å². The Balaban J connectivity index is 1.97. The molecule has 2 aromatic carbocycles. The Labute approximate surface area is 150 Å². The lowest BCUT2D eigenvalue weighted by Crippen LogP contribution is -2.27. The molecule has 0 aliphatic heterocycles. The molecule has 0 bridgehead atoms. The van der Waals surface area contributed by atoms with E-state index in [1.165, 1.54) is 0 Å². The first kappa shape index (κ1) is 16.9. The zero-order valence-corrected chi connectivity index (χ0v) is 14.8. The van der Waals surface area contributed by atoms with Crippen LogP contribution >= 0.6 is 11.3 Å². The number of nitrogens with zero attached hydrogens (tertiary/aromatic N) is 1. The van der Waals surface area contributed by atoms with Gasteiger partial charge in [0.15, 0.2) is 0 Å². The molecule has 2 N–H and O–H groups in total. The van der Waals surface area contributed by atoms with Crippen LogP contribution in [0.4, 0.5) is 5.69 Å². The summed E-state index contributed by atoms with van der Waals surface area (Å²) in [6.07, 6.45) is 0. The first-order chi connectivity index (χ1) is 12.0. The minimum atomic E-state index is -0.493. The molecule has 4 nitrogen and oxygen atoms in total. The van der Waals surface area contributed by atoms with Crippen molar-refractivity contribution in [2.75, 3.05) is 11.9 Å². The predicted octanol–water partition coefficient (Wildman–Crippen LogP) is 4.10. The SMILES string of the molecule is Cc1cc(C(=O)N(C)c2ccccc2-c2cccs2)ccc1C(N)=O. The van der Waals surface area contributed by atoms with Crippen molar-refractivity contribution >= 4 is 28.8 Å². The van der Waals surface area contributed by atoms with Gasteiger partial charge in [-0.3, -0.25) is 9.59 Å². The van der Waals surface area contributed by atoms with E-state index in [1.807, 2.05) is 41.8 Å². The van der Waals surface area contributed by atoms with Gasteiger partial charge in [0.1, 0.15) is 0 Å². The molecule has 0 aliphatic carbocycles. The molecule has 3 aromatic rings. The van der Waals surface area contributed by atoms with E-state index in [0.29, 0.717) is 16.7 Å². The van der Waals surface area contributed by atoms with Gasteiger partial charge in [0.05, 0.1) is 5.69 Å². The van der Waals surface area contributed by atoms with Crippen LogP contribution < -0.4 is 10.6 Å². The zero-order chi connectivity index (χ0) is 18.0. The molecule has 0 fully saturated rings. The number of rotatable bonds is 4. The van der Waals surface area contributed by atoms with Gasteiger partial charge in [-0.15, -0.1) is 11.3 Å². The molecule has 5 heteroatoms. The van der Waals surface area contributed by atoms with Crippen LogP contribution in [0.25, 0.3) is 10.4 Å². The van der Waals surface area contributed by atoms with Gasteiger partial charge in [-0.1, -0.05) is 24.3 Å². The van der Waals surface area contributed by atoms with E-state index in [0.717, 1.165) is 16.1 Å². The first-order valence-electron chi connectivity index (χ1n) is 7.80. The third kappa shape index (κ3) is 3.32. The molecule has 126 valence electrons. The number of nitrogens with two attached hydrogens (primary N) is 1. The van der Waals surface area contributed by atoms with Gasteiger partial charge in [-0.05, 0) is 48.2 Å². The highest BCUT2D eigenvalue weighted by Gasteiger charge is 2.18. The van der Waals surface area contributed by atoms with Crippen LogP contribution in [0, 0.1) is 6.92 Å². The van der Waals surface area contributed by atoms with Gasteiger partial charge in [0.2, 0.25) is 5.91 Å². The van der Waals surface area contributed by atoms with Crippen molar-refractivity contribution in [1.29, 1.82) is 0 Å². The smallest absolute Gasteiger partial charge is 0.258 e. The van der Waals surface area contributed by atoms with Gasteiger partial charge in [-0.2, -0.15) is 0 Å². The maximum Gasteiger partial charge on any atom is 0.258 e. The molecule has 0 aliphatic rings. The Morgan fingerprint density at radius 3 is 2.44 bits per heavy atom. The van der Waals surface area contributed by atoms with Gasteiger partial charge >= 0.3 is 0 Å². The van der Waals surface area contributed by atoms with E-state index in [9.17, 15) is 9.59 Å². The van der Waals surface area contributed by atoms with Crippen molar-refractivity contribution < 1.29 is 9.59 Å². The van der Waals surface area contributed by atoms with Crippen LogP contribution in [0.5, 0.6) is 0 Å². The zero-order valence-electron chi connectivity index (χ0n) is 14.0. The lowest BCUT2D eigenvalue weighted by molar-refractivity contribution is 0.0984. The summed E-state index contributed by atoms with van der Waals surface area (Å²) >= 11 is 1.63. The maximum atomic E-state index is 12.9. The molecule has 2 amide bonds. The van der Waals surface area contributed by atoms with Gasteiger partial charge < -0.3 is 10.6 Å². The van der Waals surface area contributed by atoms with Gasteiger partial charge in [-0.25, -0.2) is 0 Å². The number of primary amides is 1. The molecule has 0 spiro atoms. The summed E-state index contributed by atoms with van der Waals surface area (Å²) in [6.45, 7) is 1.77. The Hall–Kier alpha value is -2.92. The Morgan fingerprint density at radius 1 is 1.04 bits per heavy atom. The lowest BCUT2D eigenvalue weighted by atomic mass is 10.0. The molecular formula is C20H18N2O2S. The molecular weight excluding hydrogens is 332 g/mol. The average Bonchev–Trinajstić information content (AvgIpc) is 3.14. The van der Waals surface area contributed by atoms with Gasteiger partial charge in [0.25, 0.3) is 5.91 Å². The number of thiophene rings is 1. The third-order valence-electron chi connectivity index (χ3n) is 4.10. The number of carbonyl (C=O) groups is 2. The fourth-order valence-electron chi connectivity index (χ4n) is 2.78. The maximum absolute atomic E-state index is 12.9. The number of hydrogen-bond acceptors (Lipinski definition) is 3. The highest BCUT2D eigenvalue weighted by molar-refractivity contribution is 7.13. The molecule has 0 saturated heterocycles. The number of benzene rings is 2. The molecule has 3 rings (SSSR count). The van der Waals surface area contributed by atoms with E-state index in [1.54, 1.807) is 48.4 Å². The van der Waals surface area contributed by atoms with E-state index < -0.39 is 5.91 Å². The van der Waals surface area contributed by atoms with Crippen molar-refractivity contribution in [3.63, 3.8) is 0 Å². The van der Waals surface area contributed by atoms with Crippen molar-refractivity contribution in [1.82, 2.24) is 0 Å². The largest absolute Gasteiger partial charge is 0.366 e. The summed E-state index contributed by atoms with van der Waals surface area (Å²) in [4.78, 5) is 27.0. The molecule has 0 unspecified atom stereocenters. The summed E-state index contributed by atoms with van der Waals surface area (Å²) in [5.41, 5.74) is 8.83. The highest BCUT2D eigenvalue weighted by atomic mass is 32.1. The summed E-state index contributed by atoms with van der Waals surface area (Å²) in [5.74, 6) is -0.629. The number of amides is 2. The topological polar surface area (TPSA) is 63.4 Å². The molecule has 0 atom stereocenters. The van der Waals surface area contributed by atoms with E-state index in [2.05, 4.69) is 0 Å². The number of para-hydroxylation sites is 1. The summed E-state index contributed by atoms with van der Waals surface area (Å²) in [6, 6.07) is 16.8. The highest BCUT2D eigenvalue weighted by Crippen LogP contribution is 2.33. The van der Waals surface area contributed by atoms with Crippen molar-refractivity contribution in [2.45, 2.75) is 6.92 Å². The van der Waals surface area contributed by atoms with Crippen LogP contribution in [0.2, 0.25) is 0 Å². The quantitative estimate of drug-likeness (QED) is 0.770. The number of aryl methyl sites for hydroxylation is 1. The van der Waals surface area contributed by atoms with Crippen LogP contribution in [0.1, 0.15) is 26.3 Å². The molecule has 0 saturated carbocycles. The first-order valence-corrected chi connectivity index (χ1v) is 8.68. The minimum absolute atomic E-state index is 0.136. The number of anilines is 1. The van der Waals surface area contributed by atoms with E-state index in [-0.39, 0.29) is 5.91 Å². The van der Waals surface area contributed by atoms with E-state index >= 15 is 0 Å². The number of carbonyl (C=O) groups excluding carboxylic acids is 2. The lowest BCUT2D eigenvalue weighted by Gasteiger charge is -2.21.